The normalized spacial score (nSPS) is 24.4. The predicted octanol–water partition coefficient (Wildman–Crippen LogP) is 3.00. The predicted molar refractivity (Wildman–Crippen MR) is 141 cm³/mol. The molecular formula is C24H31N7O2S2. The largest absolute Gasteiger partial charge is 0.390 e. The van der Waals surface area contributed by atoms with Crippen LogP contribution in [0.3, 0.4) is 0 Å². The van der Waals surface area contributed by atoms with E-state index in [1.807, 2.05) is 55.8 Å². The molecule has 1 aliphatic heterocycles. The molecule has 2 fully saturated rings. The van der Waals surface area contributed by atoms with E-state index in [0.717, 1.165) is 39.5 Å². The molecule has 186 valence electrons. The van der Waals surface area contributed by atoms with E-state index in [9.17, 15) is 9.90 Å². The standard InChI is InChI=1S/C24H31N7O2S2/c1-30(2)19-12-31(13-20(19)32)22(33)14-4-7-18-21(8-14)35-24(29-18)28-16-6-5-15(9-16)27-23-25-10-17(34-3)11-26-23/h4,7-8,10-11,15-16,19-20,32H,5-6,9,12-13H2,1-3H3,(H,28,29)(H,25,26,27)/t15-,16-,19+,20-/m0/s1. The van der Waals surface area contributed by atoms with E-state index < -0.39 is 6.10 Å². The molecule has 9 nitrogen and oxygen atoms in total. The lowest BCUT2D eigenvalue weighted by Crippen LogP contribution is -2.38. The van der Waals surface area contributed by atoms with Crippen molar-refractivity contribution in [2.75, 3.05) is 44.1 Å². The van der Waals surface area contributed by atoms with Crippen molar-refractivity contribution >= 4 is 50.3 Å². The molecule has 0 unspecified atom stereocenters. The average molecular weight is 514 g/mol. The molecule has 4 atom stereocenters. The summed E-state index contributed by atoms with van der Waals surface area (Å²) in [6.45, 7) is 0.892. The molecule has 35 heavy (non-hydrogen) atoms. The van der Waals surface area contributed by atoms with E-state index in [-0.39, 0.29) is 11.9 Å². The highest BCUT2D eigenvalue weighted by atomic mass is 32.2. The van der Waals surface area contributed by atoms with Gasteiger partial charge in [0.05, 0.1) is 22.4 Å². The Morgan fingerprint density at radius 1 is 1.17 bits per heavy atom. The zero-order valence-electron chi connectivity index (χ0n) is 20.1. The molecule has 0 radical (unpaired) electrons. The first-order chi connectivity index (χ1) is 16.9. The molecule has 1 aromatic carbocycles. The number of hydrogen-bond acceptors (Lipinski definition) is 10. The topological polar surface area (TPSA) is 107 Å². The fourth-order valence-electron chi connectivity index (χ4n) is 4.84. The summed E-state index contributed by atoms with van der Waals surface area (Å²) in [5.41, 5.74) is 1.52. The van der Waals surface area contributed by atoms with Crippen molar-refractivity contribution in [1.29, 1.82) is 0 Å². The number of hydrogen-bond donors (Lipinski definition) is 3. The van der Waals surface area contributed by atoms with Gasteiger partial charge >= 0.3 is 0 Å². The number of aliphatic hydroxyl groups excluding tert-OH is 1. The van der Waals surface area contributed by atoms with Gasteiger partial charge in [-0.2, -0.15) is 0 Å². The zero-order valence-corrected chi connectivity index (χ0v) is 21.8. The molecule has 1 aliphatic carbocycles. The van der Waals surface area contributed by atoms with Crippen LogP contribution in [0.5, 0.6) is 0 Å². The monoisotopic (exact) mass is 513 g/mol. The molecule has 1 saturated carbocycles. The molecule has 5 rings (SSSR count). The molecule has 11 heteroatoms. The summed E-state index contributed by atoms with van der Waals surface area (Å²) in [5, 5.41) is 18.2. The summed E-state index contributed by atoms with van der Waals surface area (Å²) in [6, 6.07) is 6.29. The molecule has 0 spiro atoms. The van der Waals surface area contributed by atoms with Crippen LogP contribution in [0, 0.1) is 0 Å². The van der Waals surface area contributed by atoms with Gasteiger partial charge in [0.15, 0.2) is 5.13 Å². The molecule has 3 aromatic rings. The highest BCUT2D eigenvalue weighted by molar-refractivity contribution is 7.98. The molecule has 3 heterocycles. The number of β-amino-alcohol motifs (C(OH)–C–C–N with tert-alkyl or cyclic N) is 1. The van der Waals surface area contributed by atoms with Gasteiger partial charge in [-0.3, -0.25) is 4.79 Å². The third-order valence-corrected chi connectivity index (χ3v) is 8.43. The molecule has 0 bridgehead atoms. The van der Waals surface area contributed by atoms with Crippen LogP contribution in [0.15, 0.2) is 35.5 Å². The Bertz CT molecular complexity index is 1190. The third kappa shape index (κ3) is 5.37. The Hall–Kier alpha value is -2.47. The first kappa shape index (κ1) is 24.2. The van der Waals surface area contributed by atoms with Crippen molar-refractivity contribution in [3.63, 3.8) is 0 Å². The maximum Gasteiger partial charge on any atom is 0.254 e. The van der Waals surface area contributed by atoms with Crippen molar-refractivity contribution < 1.29 is 9.90 Å². The first-order valence-electron chi connectivity index (χ1n) is 11.8. The number of nitrogens with one attached hydrogen (secondary N) is 2. The number of thioether (sulfide) groups is 1. The number of aromatic nitrogens is 3. The van der Waals surface area contributed by atoms with Crippen molar-refractivity contribution in [3.8, 4) is 0 Å². The average Bonchev–Trinajstić information content (AvgIpc) is 3.57. The lowest BCUT2D eigenvalue weighted by Gasteiger charge is -2.21. The minimum atomic E-state index is -0.525. The van der Waals surface area contributed by atoms with Crippen molar-refractivity contribution in [1.82, 2.24) is 24.8 Å². The summed E-state index contributed by atoms with van der Waals surface area (Å²) >= 11 is 3.21. The molecule has 3 N–H and O–H groups in total. The van der Waals surface area contributed by atoms with Gasteiger partial charge in [0.25, 0.3) is 5.91 Å². The van der Waals surface area contributed by atoms with Crippen LogP contribution in [0.4, 0.5) is 11.1 Å². The Morgan fingerprint density at radius 2 is 1.91 bits per heavy atom. The van der Waals surface area contributed by atoms with Crippen LogP contribution in [0.1, 0.15) is 29.6 Å². The van der Waals surface area contributed by atoms with Gasteiger partial charge in [-0.05, 0) is 57.8 Å². The van der Waals surface area contributed by atoms with Crippen LogP contribution in [0.25, 0.3) is 10.2 Å². The van der Waals surface area contributed by atoms with Crippen LogP contribution in [-0.2, 0) is 0 Å². The van der Waals surface area contributed by atoms with Crippen molar-refractivity contribution in [2.45, 2.75) is 48.4 Å². The lowest BCUT2D eigenvalue weighted by atomic mass is 10.2. The number of likely N-dealkylation sites (tertiary alicyclic amines) is 1. The molecular weight excluding hydrogens is 482 g/mol. The van der Waals surface area contributed by atoms with E-state index in [1.54, 1.807) is 28.0 Å². The Morgan fingerprint density at radius 3 is 2.60 bits per heavy atom. The van der Waals surface area contributed by atoms with Gasteiger partial charge in [0.2, 0.25) is 5.95 Å². The Balaban J connectivity index is 1.20. The number of likely N-dealkylation sites (N-methyl/N-ethyl adjacent to an activating group) is 1. The number of fused-ring (bicyclic) bond motifs is 1. The van der Waals surface area contributed by atoms with Crippen LogP contribution >= 0.6 is 23.1 Å². The number of thiazole rings is 1. The van der Waals surface area contributed by atoms with Gasteiger partial charge < -0.3 is 25.5 Å². The van der Waals surface area contributed by atoms with Gasteiger partial charge in [0, 0.05) is 48.0 Å². The summed E-state index contributed by atoms with van der Waals surface area (Å²) in [6.07, 6.45) is 8.24. The number of rotatable bonds is 7. The summed E-state index contributed by atoms with van der Waals surface area (Å²) in [4.78, 5) is 31.4. The van der Waals surface area contributed by atoms with Gasteiger partial charge in [-0.25, -0.2) is 15.0 Å². The van der Waals surface area contributed by atoms with Gasteiger partial charge in [-0.1, -0.05) is 11.3 Å². The summed E-state index contributed by atoms with van der Waals surface area (Å²) < 4.78 is 0.984. The SMILES string of the molecule is CSc1cnc(N[C@H]2CC[C@H](Nc3nc4ccc(C(=O)N5C[C@@H](N(C)C)[C@@H](O)C5)cc4s3)C2)nc1. The number of carbonyl (C=O) groups is 1. The Kier molecular flexibility index (Phi) is 7.10. The van der Waals surface area contributed by atoms with E-state index in [0.29, 0.717) is 36.7 Å². The van der Waals surface area contributed by atoms with Crippen LogP contribution < -0.4 is 10.6 Å². The van der Waals surface area contributed by atoms with E-state index in [2.05, 4.69) is 20.6 Å². The van der Waals surface area contributed by atoms with Crippen molar-refractivity contribution in [2.24, 2.45) is 0 Å². The van der Waals surface area contributed by atoms with Gasteiger partial charge in [-0.15, -0.1) is 11.8 Å². The molecule has 1 saturated heterocycles. The number of carbonyl (C=O) groups excluding carboxylic acids is 1. The second kappa shape index (κ2) is 10.3. The summed E-state index contributed by atoms with van der Waals surface area (Å²) in [7, 11) is 3.86. The summed E-state index contributed by atoms with van der Waals surface area (Å²) in [5.74, 6) is 0.628. The fourth-order valence-corrected chi connectivity index (χ4v) is 6.14. The van der Waals surface area contributed by atoms with Crippen LogP contribution in [-0.4, -0.2) is 93.4 Å². The number of anilines is 2. The maximum absolute atomic E-state index is 13.1. The molecule has 1 amide bonds. The van der Waals surface area contributed by atoms with E-state index >= 15 is 0 Å². The first-order valence-corrected chi connectivity index (χ1v) is 13.9. The number of amides is 1. The number of benzene rings is 1. The van der Waals surface area contributed by atoms with E-state index in [4.69, 9.17) is 4.98 Å². The minimum absolute atomic E-state index is 0.0344. The molecule has 2 aliphatic rings. The van der Waals surface area contributed by atoms with Gasteiger partial charge in [0.1, 0.15) is 0 Å². The van der Waals surface area contributed by atoms with Crippen LogP contribution in [0.2, 0.25) is 0 Å². The number of aliphatic hydroxyl groups is 1. The van der Waals surface area contributed by atoms with E-state index in [1.165, 1.54) is 0 Å². The third-order valence-electron chi connectivity index (χ3n) is 6.80. The minimum Gasteiger partial charge on any atom is -0.390 e. The highest BCUT2D eigenvalue weighted by Gasteiger charge is 2.35. The van der Waals surface area contributed by atoms with Crippen molar-refractivity contribution in [3.05, 3.63) is 36.2 Å². The highest BCUT2D eigenvalue weighted by Crippen LogP contribution is 2.31. The number of nitrogens with zero attached hydrogens (tertiary/aromatic N) is 5. The molecule has 2 aromatic heterocycles. The fraction of sp³-hybridized carbons (Fsp3) is 0.500. The smallest absolute Gasteiger partial charge is 0.254 e. The second-order valence-corrected chi connectivity index (χ2v) is 11.4. The second-order valence-electron chi connectivity index (χ2n) is 9.45. The maximum atomic E-state index is 13.1. The quantitative estimate of drug-likeness (QED) is 0.411. The lowest BCUT2D eigenvalue weighted by molar-refractivity contribution is 0.0764. The zero-order chi connectivity index (χ0) is 24.5. The Labute approximate surface area is 213 Å².